The summed E-state index contributed by atoms with van der Waals surface area (Å²) in [4.78, 5) is 11.5. The van der Waals surface area contributed by atoms with E-state index in [0.29, 0.717) is 6.42 Å². The molecule has 0 bridgehead atoms. The first-order valence-electron chi connectivity index (χ1n) is 6.26. The Morgan fingerprint density at radius 1 is 1.41 bits per heavy atom. The molecule has 8 heteroatoms. The van der Waals surface area contributed by atoms with E-state index >= 15 is 0 Å². The lowest BCUT2D eigenvalue weighted by Crippen LogP contribution is -2.49. The van der Waals surface area contributed by atoms with Gasteiger partial charge in [0, 0.05) is 21.9 Å². The van der Waals surface area contributed by atoms with Crippen molar-refractivity contribution < 1.29 is 22.7 Å². The second kappa shape index (κ2) is 4.97. The molecule has 3 rings (SSSR count). The van der Waals surface area contributed by atoms with Crippen molar-refractivity contribution in [3.05, 3.63) is 28.8 Å². The maximum Gasteiger partial charge on any atom is 0.445 e. The van der Waals surface area contributed by atoms with Crippen LogP contribution in [0.25, 0.3) is 0 Å². The number of halogens is 5. The number of nitrogens with one attached hydrogen (secondary N) is 1. The fourth-order valence-corrected chi connectivity index (χ4v) is 2.56. The molecular weight excluding hydrogens is 342 g/mol. The molecule has 1 heterocycles. The predicted octanol–water partition coefficient (Wildman–Crippen LogP) is 4.29. The van der Waals surface area contributed by atoms with Gasteiger partial charge in [-0.2, -0.15) is 13.2 Å². The molecule has 2 aliphatic rings. The zero-order chi connectivity index (χ0) is 16.1. The third-order valence-electron chi connectivity index (χ3n) is 3.39. The number of anilines is 1. The van der Waals surface area contributed by atoms with Crippen molar-refractivity contribution in [2.45, 2.75) is 23.6 Å². The summed E-state index contributed by atoms with van der Waals surface area (Å²) in [6.07, 6.45) is -5.63. The van der Waals surface area contributed by atoms with E-state index in [1.165, 1.54) is 12.1 Å². The van der Waals surface area contributed by atoms with Crippen molar-refractivity contribution in [3.63, 3.8) is 0 Å². The Balaban J connectivity index is 2.18. The Morgan fingerprint density at radius 3 is 2.68 bits per heavy atom. The number of fused-ring (bicyclic) bond motifs is 1. The molecule has 116 valence electrons. The van der Waals surface area contributed by atoms with Crippen LogP contribution in [0.5, 0.6) is 0 Å². The van der Waals surface area contributed by atoms with Gasteiger partial charge in [-0.3, -0.25) is 5.32 Å². The summed E-state index contributed by atoms with van der Waals surface area (Å²) >= 11 is 11.5. The molecule has 0 spiro atoms. The van der Waals surface area contributed by atoms with Crippen LogP contribution < -0.4 is 5.32 Å². The van der Waals surface area contributed by atoms with Crippen molar-refractivity contribution in [1.82, 2.24) is 0 Å². The van der Waals surface area contributed by atoms with Crippen LogP contribution in [0.3, 0.4) is 0 Å². The van der Waals surface area contributed by atoms with Gasteiger partial charge in [-0.15, -0.1) is 11.6 Å². The van der Waals surface area contributed by atoms with E-state index in [0.717, 1.165) is 6.07 Å². The fourth-order valence-electron chi connectivity index (χ4n) is 2.13. The smallest absolute Gasteiger partial charge is 0.415 e. The van der Waals surface area contributed by atoms with Crippen LogP contribution in [-0.2, 0) is 10.3 Å². The van der Waals surface area contributed by atoms with E-state index in [2.05, 4.69) is 21.9 Å². The molecule has 3 nitrogen and oxygen atoms in total. The summed E-state index contributed by atoms with van der Waals surface area (Å²) in [7, 11) is 0. The van der Waals surface area contributed by atoms with Gasteiger partial charge in [-0.25, -0.2) is 4.79 Å². The molecule has 0 saturated heterocycles. The lowest BCUT2D eigenvalue weighted by Gasteiger charge is -2.35. The minimum Gasteiger partial charge on any atom is -0.415 e. The number of benzene rings is 1. The van der Waals surface area contributed by atoms with E-state index in [9.17, 15) is 18.0 Å². The molecule has 0 aromatic heterocycles. The van der Waals surface area contributed by atoms with Crippen molar-refractivity contribution in [2.75, 3.05) is 5.32 Å². The molecular formula is C14H8Cl2F3NO2. The molecule has 0 unspecified atom stereocenters. The molecule has 1 aliphatic heterocycles. The summed E-state index contributed by atoms with van der Waals surface area (Å²) in [5.41, 5.74) is -3.42. The number of carbonyl (C=O) groups excluding carboxylic acids is 1. The zero-order valence-electron chi connectivity index (χ0n) is 10.8. The standard InChI is InChI=1S/C14H8Cl2F3NO2/c15-8-1-2-11-9(6-8)13(14(17,18)19,22-12(21)20-11)4-3-7-5-10(7)16/h1-2,6-7,10H,5H2,(H,20,21)/t7-,10-,13-/m1/s1. The second-order valence-electron chi connectivity index (χ2n) is 5.01. The van der Waals surface area contributed by atoms with E-state index in [1.54, 1.807) is 0 Å². The Hall–Kier alpha value is -1.58. The van der Waals surface area contributed by atoms with Gasteiger partial charge in [0.15, 0.2) is 0 Å². The van der Waals surface area contributed by atoms with E-state index < -0.39 is 17.9 Å². The summed E-state index contributed by atoms with van der Waals surface area (Å²) in [5, 5.41) is 2.02. The van der Waals surface area contributed by atoms with Gasteiger partial charge in [0.05, 0.1) is 5.69 Å². The van der Waals surface area contributed by atoms with Crippen molar-refractivity contribution in [3.8, 4) is 11.8 Å². The molecule has 0 radical (unpaired) electrons. The highest BCUT2D eigenvalue weighted by Gasteiger charge is 2.62. The van der Waals surface area contributed by atoms with Crippen LogP contribution in [0.4, 0.5) is 23.7 Å². The number of rotatable bonds is 0. The summed E-state index contributed by atoms with van der Waals surface area (Å²) in [6.45, 7) is 0. The lowest BCUT2D eigenvalue weighted by molar-refractivity contribution is -0.239. The molecule has 3 atom stereocenters. The molecule has 1 aliphatic carbocycles. The fraction of sp³-hybridized carbons (Fsp3) is 0.357. The van der Waals surface area contributed by atoms with E-state index in [-0.39, 0.29) is 27.6 Å². The van der Waals surface area contributed by atoms with Crippen LogP contribution >= 0.6 is 23.2 Å². The van der Waals surface area contributed by atoms with Gasteiger partial charge in [0.2, 0.25) is 0 Å². The molecule has 1 N–H and O–H groups in total. The van der Waals surface area contributed by atoms with Crippen LogP contribution in [0, 0.1) is 17.8 Å². The maximum absolute atomic E-state index is 13.7. The first-order valence-corrected chi connectivity index (χ1v) is 7.08. The van der Waals surface area contributed by atoms with Gasteiger partial charge in [0.1, 0.15) is 0 Å². The number of cyclic esters (lactones) is 1. The first kappa shape index (κ1) is 15.3. The van der Waals surface area contributed by atoms with Crippen molar-refractivity contribution in [1.29, 1.82) is 0 Å². The average Bonchev–Trinajstić information content (AvgIpc) is 3.11. The van der Waals surface area contributed by atoms with Gasteiger partial charge in [0.25, 0.3) is 5.60 Å². The SMILES string of the molecule is O=C1Nc2ccc(Cl)cc2[C@](C#C[C@@H]2C[C@H]2Cl)(C(F)(F)F)O1. The minimum absolute atomic E-state index is 0.0366. The predicted molar refractivity (Wildman–Crippen MR) is 74.8 cm³/mol. The summed E-state index contributed by atoms with van der Waals surface area (Å²) < 4.78 is 45.6. The Bertz CT molecular complexity index is 710. The van der Waals surface area contributed by atoms with Gasteiger partial charge in [-0.1, -0.05) is 17.5 Å². The monoisotopic (exact) mass is 349 g/mol. The van der Waals surface area contributed by atoms with Crippen LogP contribution in [0.15, 0.2) is 18.2 Å². The van der Waals surface area contributed by atoms with Crippen LogP contribution in [-0.4, -0.2) is 17.6 Å². The third-order valence-corrected chi connectivity index (χ3v) is 4.11. The molecule has 1 aromatic rings. The molecule has 1 aromatic carbocycles. The molecule has 1 fully saturated rings. The zero-order valence-corrected chi connectivity index (χ0v) is 12.3. The summed E-state index contributed by atoms with van der Waals surface area (Å²) in [5.74, 6) is 4.20. The van der Waals surface area contributed by atoms with Gasteiger partial charge >= 0.3 is 12.3 Å². The largest absolute Gasteiger partial charge is 0.445 e. The Morgan fingerprint density at radius 2 is 2.09 bits per heavy atom. The maximum atomic E-state index is 13.7. The minimum atomic E-state index is -4.92. The van der Waals surface area contributed by atoms with Crippen molar-refractivity contribution in [2.24, 2.45) is 5.92 Å². The highest BCUT2D eigenvalue weighted by atomic mass is 35.5. The van der Waals surface area contributed by atoms with Gasteiger partial charge in [-0.05, 0) is 30.5 Å². The highest BCUT2D eigenvalue weighted by Crippen LogP contribution is 2.48. The number of hydrogen-bond acceptors (Lipinski definition) is 2. The topological polar surface area (TPSA) is 38.3 Å². The number of carbonyl (C=O) groups is 1. The van der Waals surface area contributed by atoms with Crippen LogP contribution in [0.2, 0.25) is 5.02 Å². The number of amides is 1. The summed E-state index contributed by atoms with van der Waals surface area (Å²) in [6, 6.07) is 3.74. The Kier molecular flexibility index (Phi) is 3.46. The highest BCUT2D eigenvalue weighted by molar-refractivity contribution is 6.30. The Labute approximate surface area is 133 Å². The molecule has 22 heavy (non-hydrogen) atoms. The normalized spacial score (nSPS) is 29.6. The second-order valence-corrected chi connectivity index (χ2v) is 6.01. The lowest BCUT2D eigenvalue weighted by atomic mass is 9.90. The van der Waals surface area contributed by atoms with Crippen LogP contribution in [0.1, 0.15) is 12.0 Å². The average molecular weight is 350 g/mol. The quantitative estimate of drug-likeness (QED) is 0.560. The molecule has 1 saturated carbocycles. The van der Waals surface area contributed by atoms with Gasteiger partial charge < -0.3 is 4.74 Å². The van der Waals surface area contributed by atoms with E-state index in [4.69, 9.17) is 23.2 Å². The first-order chi connectivity index (χ1) is 10.2. The molecule has 1 amide bonds. The van der Waals surface area contributed by atoms with E-state index in [1.807, 2.05) is 0 Å². The third kappa shape index (κ3) is 2.49. The number of alkyl halides is 4. The number of hydrogen-bond donors (Lipinski definition) is 1. The number of ether oxygens (including phenoxy) is 1. The van der Waals surface area contributed by atoms with Crippen molar-refractivity contribution >= 4 is 35.0 Å².